The van der Waals surface area contributed by atoms with E-state index in [-0.39, 0.29) is 13.2 Å². The topological polar surface area (TPSA) is 76.1 Å². The summed E-state index contributed by atoms with van der Waals surface area (Å²) in [6.45, 7) is 0.734. The number of aliphatic hydroxyl groups is 1. The van der Waals surface area contributed by atoms with Gasteiger partial charge in [0.15, 0.2) is 6.29 Å². The van der Waals surface area contributed by atoms with Crippen molar-refractivity contribution in [1.29, 1.82) is 0 Å². The van der Waals surface area contributed by atoms with Gasteiger partial charge in [-0.3, -0.25) is 0 Å². The van der Waals surface area contributed by atoms with Gasteiger partial charge in [-0.25, -0.2) is 8.42 Å². The van der Waals surface area contributed by atoms with Gasteiger partial charge in [-0.1, -0.05) is 0 Å². The predicted octanol–water partition coefficient (Wildman–Crippen LogP) is -1.39. The second-order valence-electron chi connectivity index (χ2n) is 3.16. The van der Waals surface area contributed by atoms with Crippen molar-refractivity contribution in [2.24, 2.45) is 0 Å². The van der Waals surface area contributed by atoms with Crippen LogP contribution in [0.5, 0.6) is 0 Å². The van der Waals surface area contributed by atoms with Crippen LogP contribution in [0.25, 0.3) is 0 Å². The van der Waals surface area contributed by atoms with Crippen molar-refractivity contribution in [3.8, 4) is 0 Å². The van der Waals surface area contributed by atoms with Crippen LogP contribution in [0.3, 0.4) is 0 Å². The predicted molar refractivity (Wildman–Crippen MR) is 49.2 cm³/mol. The zero-order valence-corrected chi connectivity index (χ0v) is 9.03. The molecule has 0 aromatic carbocycles. The van der Waals surface area contributed by atoms with E-state index >= 15 is 0 Å². The Balaban J connectivity index is 2.61. The van der Waals surface area contributed by atoms with Crippen LogP contribution in [0.4, 0.5) is 0 Å². The highest BCUT2D eigenvalue weighted by Gasteiger charge is 2.30. The number of hydrogen-bond acceptors (Lipinski definition) is 5. The first-order valence-corrected chi connectivity index (χ1v) is 6.07. The van der Waals surface area contributed by atoms with E-state index in [1.807, 2.05) is 0 Å². The molecule has 14 heavy (non-hydrogen) atoms. The van der Waals surface area contributed by atoms with Crippen molar-refractivity contribution in [2.75, 3.05) is 33.1 Å². The van der Waals surface area contributed by atoms with Gasteiger partial charge in [-0.15, -0.1) is 0 Å². The highest BCUT2D eigenvalue weighted by Crippen LogP contribution is 2.12. The van der Waals surface area contributed by atoms with Gasteiger partial charge in [-0.05, 0) is 0 Å². The Morgan fingerprint density at radius 2 is 2.29 bits per heavy atom. The van der Waals surface area contributed by atoms with Crippen molar-refractivity contribution in [2.45, 2.75) is 12.4 Å². The smallest absolute Gasteiger partial charge is 0.211 e. The van der Waals surface area contributed by atoms with Crippen molar-refractivity contribution in [3.63, 3.8) is 0 Å². The number of ether oxygens (including phenoxy) is 2. The zero-order valence-electron chi connectivity index (χ0n) is 8.21. The Morgan fingerprint density at radius 3 is 2.79 bits per heavy atom. The van der Waals surface area contributed by atoms with E-state index in [1.54, 1.807) is 0 Å². The summed E-state index contributed by atoms with van der Waals surface area (Å²) in [5, 5.41) is 9.30. The quantitative estimate of drug-likeness (QED) is 0.599. The molecule has 0 saturated carbocycles. The fraction of sp³-hybridized carbons (Fsp3) is 1.00. The third-order valence-electron chi connectivity index (χ3n) is 2.08. The number of rotatable bonds is 3. The normalized spacial score (nSPS) is 27.5. The molecule has 2 unspecified atom stereocenters. The van der Waals surface area contributed by atoms with Crippen LogP contribution in [0.2, 0.25) is 0 Å². The van der Waals surface area contributed by atoms with E-state index in [0.717, 1.165) is 6.26 Å². The molecule has 0 spiro atoms. The molecule has 0 aromatic heterocycles. The standard InChI is InChI=1S/C7H15NO5S/c1-12-7(9)6-5-8(3-4-13-6)14(2,10)11/h6-7,9H,3-5H2,1-2H3. The molecule has 84 valence electrons. The molecule has 1 aliphatic rings. The molecule has 0 amide bonds. The number of methoxy groups -OCH3 is 1. The number of morpholine rings is 1. The molecule has 1 aliphatic heterocycles. The number of hydrogen-bond donors (Lipinski definition) is 1. The average molecular weight is 225 g/mol. The maximum absolute atomic E-state index is 11.2. The van der Waals surface area contributed by atoms with Crippen LogP contribution in [0, 0.1) is 0 Å². The van der Waals surface area contributed by atoms with Gasteiger partial charge in [0.25, 0.3) is 0 Å². The van der Waals surface area contributed by atoms with Gasteiger partial charge in [0, 0.05) is 20.2 Å². The van der Waals surface area contributed by atoms with Gasteiger partial charge in [0.05, 0.1) is 12.9 Å². The Hall–Kier alpha value is -0.210. The second-order valence-corrected chi connectivity index (χ2v) is 5.14. The molecule has 1 heterocycles. The molecule has 6 nitrogen and oxygen atoms in total. The summed E-state index contributed by atoms with van der Waals surface area (Å²) in [7, 11) is -1.87. The molecule has 1 rings (SSSR count). The molecule has 2 atom stereocenters. The lowest BCUT2D eigenvalue weighted by atomic mass is 10.3. The van der Waals surface area contributed by atoms with E-state index in [2.05, 4.69) is 4.74 Å². The lowest BCUT2D eigenvalue weighted by molar-refractivity contribution is -0.177. The first-order valence-electron chi connectivity index (χ1n) is 4.22. The van der Waals surface area contributed by atoms with Gasteiger partial charge < -0.3 is 14.6 Å². The summed E-state index contributed by atoms with van der Waals surface area (Å²) in [6.07, 6.45) is -0.558. The van der Waals surface area contributed by atoms with Crippen molar-refractivity contribution >= 4 is 10.0 Å². The average Bonchev–Trinajstić information content (AvgIpc) is 2.15. The van der Waals surface area contributed by atoms with Crippen LogP contribution >= 0.6 is 0 Å². The number of aliphatic hydroxyl groups excluding tert-OH is 1. The Bertz CT molecular complexity index is 278. The molecule has 0 bridgehead atoms. The van der Waals surface area contributed by atoms with Crippen molar-refractivity contribution in [3.05, 3.63) is 0 Å². The summed E-state index contributed by atoms with van der Waals surface area (Å²) in [5.74, 6) is 0. The van der Waals surface area contributed by atoms with Crippen LogP contribution < -0.4 is 0 Å². The first-order chi connectivity index (χ1) is 6.45. The maximum Gasteiger partial charge on any atom is 0.211 e. The highest BCUT2D eigenvalue weighted by atomic mass is 32.2. The van der Waals surface area contributed by atoms with E-state index < -0.39 is 22.4 Å². The molecular formula is C7H15NO5S. The zero-order chi connectivity index (χ0) is 10.8. The molecule has 1 saturated heterocycles. The number of nitrogens with zero attached hydrogens (tertiary/aromatic N) is 1. The second kappa shape index (κ2) is 4.54. The summed E-state index contributed by atoms with van der Waals surface area (Å²) >= 11 is 0. The fourth-order valence-electron chi connectivity index (χ4n) is 1.28. The van der Waals surface area contributed by atoms with Gasteiger partial charge >= 0.3 is 0 Å². The van der Waals surface area contributed by atoms with E-state index in [9.17, 15) is 13.5 Å². The minimum atomic E-state index is -3.21. The molecule has 0 aromatic rings. The minimum absolute atomic E-state index is 0.133. The van der Waals surface area contributed by atoms with E-state index in [4.69, 9.17) is 4.74 Å². The van der Waals surface area contributed by atoms with Gasteiger partial charge in [0.2, 0.25) is 10.0 Å². The van der Waals surface area contributed by atoms with Gasteiger partial charge in [0.1, 0.15) is 6.10 Å². The monoisotopic (exact) mass is 225 g/mol. The third kappa shape index (κ3) is 2.89. The Morgan fingerprint density at radius 1 is 1.64 bits per heavy atom. The molecule has 1 fully saturated rings. The Kier molecular flexibility index (Phi) is 3.85. The fourth-order valence-corrected chi connectivity index (χ4v) is 2.10. The lowest BCUT2D eigenvalue weighted by Gasteiger charge is -2.32. The molecule has 0 aliphatic carbocycles. The third-order valence-corrected chi connectivity index (χ3v) is 3.35. The molecule has 7 heteroatoms. The lowest BCUT2D eigenvalue weighted by Crippen LogP contribution is -2.49. The van der Waals surface area contributed by atoms with Crippen LogP contribution in [-0.2, 0) is 19.5 Å². The largest absolute Gasteiger partial charge is 0.370 e. The van der Waals surface area contributed by atoms with E-state index in [1.165, 1.54) is 11.4 Å². The summed E-state index contributed by atoms with van der Waals surface area (Å²) in [5.41, 5.74) is 0. The molecule has 0 radical (unpaired) electrons. The van der Waals surface area contributed by atoms with Gasteiger partial charge in [-0.2, -0.15) is 4.31 Å². The van der Waals surface area contributed by atoms with Crippen molar-refractivity contribution < 1.29 is 23.0 Å². The first kappa shape index (κ1) is 11.9. The molecule has 1 N–H and O–H groups in total. The molecular weight excluding hydrogens is 210 g/mol. The highest BCUT2D eigenvalue weighted by molar-refractivity contribution is 7.88. The Labute approximate surface area is 83.5 Å². The summed E-state index contributed by atoms with van der Waals surface area (Å²) in [4.78, 5) is 0. The van der Waals surface area contributed by atoms with Crippen LogP contribution in [-0.4, -0.2) is 63.3 Å². The SMILES string of the molecule is COC(O)C1CN(S(C)(=O)=O)CCO1. The minimum Gasteiger partial charge on any atom is -0.370 e. The summed E-state index contributed by atoms with van der Waals surface area (Å²) in [6, 6.07) is 0. The van der Waals surface area contributed by atoms with Crippen molar-refractivity contribution in [1.82, 2.24) is 4.31 Å². The summed E-state index contributed by atoms with van der Waals surface area (Å²) < 4.78 is 33.5. The van der Waals surface area contributed by atoms with E-state index in [0.29, 0.717) is 6.54 Å². The van der Waals surface area contributed by atoms with Crippen LogP contribution in [0.15, 0.2) is 0 Å². The van der Waals surface area contributed by atoms with Crippen LogP contribution in [0.1, 0.15) is 0 Å². The maximum atomic E-state index is 11.2. The number of sulfonamides is 1.